The average molecular weight is 309 g/mol. The van der Waals surface area contributed by atoms with Crippen LogP contribution in [0, 0.1) is 6.92 Å². The monoisotopic (exact) mass is 309 g/mol. The van der Waals surface area contributed by atoms with Crippen molar-refractivity contribution in [3.05, 3.63) is 71.8 Å². The van der Waals surface area contributed by atoms with Gasteiger partial charge in [-0.1, -0.05) is 48.0 Å². The summed E-state index contributed by atoms with van der Waals surface area (Å²) in [6.07, 6.45) is 2.99. The summed E-state index contributed by atoms with van der Waals surface area (Å²) in [6, 6.07) is 16.9. The lowest BCUT2D eigenvalue weighted by Crippen LogP contribution is -2.30. The van der Waals surface area contributed by atoms with E-state index in [9.17, 15) is 9.59 Å². The van der Waals surface area contributed by atoms with Gasteiger partial charge in [-0.25, -0.2) is 4.79 Å². The van der Waals surface area contributed by atoms with Gasteiger partial charge in [-0.3, -0.25) is 4.79 Å². The topological polar surface area (TPSA) is 46.6 Å². The molecular formula is C19H19NO3. The van der Waals surface area contributed by atoms with E-state index in [-0.39, 0.29) is 12.5 Å². The first-order valence-electron chi connectivity index (χ1n) is 7.29. The second-order valence-corrected chi connectivity index (χ2v) is 5.14. The number of esters is 1. The van der Waals surface area contributed by atoms with Gasteiger partial charge in [0.05, 0.1) is 0 Å². The number of nitrogens with zero attached hydrogens (tertiary/aromatic N) is 1. The van der Waals surface area contributed by atoms with Crippen molar-refractivity contribution in [3.8, 4) is 0 Å². The van der Waals surface area contributed by atoms with E-state index in [0.717, 1.165) is 16.8 Å². The third-order valence-corrected chi connectivity index (χ3v) is 3.31. The lowest BCUT2D eigenvalue weighted by Gasteiger charge is -2.16. The van der Waals surface area contributed by atoms with Crippen LogP contribution in [-0.2, 0) is 14.3 Å². The first-order valence-corrected chi connectivity index (χ1v) is 7.29. The Hall–Kier alpha value is -2.88. The molecule has 0 radical (unpaired) electrons. The van der Waals surface area contributed by atoms with Crippen LogP contribution in [0.1, 0.15) is 11.1 Å². The predicted octanol–water partition coefficient (Wildman–Crippen LogP) is 3.21. The summed E-state index contributed by atoms with van der Waals surface area (Å²) in [5, 5.41) is 0. The van der Waals surface area contributed by atoms with E-state index in [4.69, 9.17) is 4.74 Å². The minimum absolute atomic E-state index is 0.284. The Morgan fingerprint density at radius 2 is 1.83 bits per heavy atom. The van der Waals surface area contributed by atoms with E-state index in [1.54, 1.807) is 13.1 Å². The minimum Gasteiger partial charge on any atom is -0.452 e. The molecule has 23 heavy (non-hydrogen) atoms. The molecule has 0 spiro atoms. The Morgan fingerprint density at radius 1 is 1.09 bits per heavy atom. The highest BCUT2D eigenvalue weighted by atomic mass is 16.5. The summed E-state index contributed by atoms with van der Waals surface area (Å²) in [5.41, 5.74) is 2.78. The molecule has 0 saturated carbocycles. The van der Waals surface area contributed by atoms with Gasteiger partial charge in [-0.15, -0.1) is 0 Å². The van der Waals surface area contributed by atoms with E-state index >= 15 is 0 Å². The first kappa shape index (κ1) is 16.5. The molecule has 4 nitrogen and oxygen atoms in total. The molecule has 0 aliphatic heterocycles. The number of anilines is 1. The van der Waals surface area contributed by atoms with Crippen molar-refractivity contribution in [2.24, 2.45) is 0 Å². The van der Waals surface area contributed by atoms with Gasteiger partial charge in [-0.05, 0) is 30.7 Å². The van der Waals surface area contributed by atoms with Crippen LogP contribution in [-0.4, -0.2) is 25.5 Å². The highest BCUT2D eigenvalue weighted by Gasteiger charge is 2.12. The van der Waals surface area contributed by atoms with Gasteiger partial charge in [0.25, 0.3) is 5.91 Å². The van der Waals surface area contributed by atoms with Gasteiger partial charge < -0.3 is 9.64 Å². The van der Waals surface area contributed by atoms with Crippen LogP contribution in [0.2, 0.25) is 0 Å². The average Bonchev–Trinajstić information content (AvgIpc) is 2.58. The van der Waals surface area contributed by atoms with Crippen LogP contribution >= 0.6 is 0 Å². The molecule has 2 rings (SSSR count). The number of aryl methyl sites for hydroxylation is 1. The Balaban J connectivity index is 1.85. The van der Waals surface area contributed by atoms with E-state index < -0.39 is 5.97 Å². The van der Waals surface area contributed by atoms with E-state index in [1.807, 2.05) is 61.5 Å². The molecule has 2 aromatic carbocycles. The summed E-state index contributed by atoms with van der Waals surface area (Å²) in [5.74, 6) is -0.824. The number of hydrogen-bond acceptors (Lipinski definition) is 3. The zero-order chi connectivity index (χ0) is 16.7. The normalized spacial score (nSPS) is 10.5. The highest BCUT2D eigenvalue weighted by Crippen LogP contribution is 2.11. The Morgan fingerprint density at radius 3 is 2.52 bits per heavy atom. The molecule has 4 heteroatoms. The van der Waals surface area contributed by atoms with Crippen molar-refractivity contribution in [1.82, 2.24) is 0 Å². The fourth-order valence-electron chi connectivity index (χ4n) is 2.01. The second-order valence-electron chi connectivity index (χ2n) is 5.14. The molecule has 0 fully saturated rings. The zero-order valence-electron chi connectivity index (χ0n) is 13.2. The SMILES string of the molecule is Cc1cccc(/C=C/C(=O)OCC(=O)N(C)c2ccccc2)c1. The summed E-state index contributed by atoms with van der Waals surface area (Å²) >= 11 is 0. The van der Waals surface area contributed by atoms with Gasteiger partial charge >= 0.3 is 5.97 Å². The van der Waals surface area contributed by atoms with Crippen LogP contribution in [0.3, 0.4) is 0 Å². The van der Waals surface area contributed by atoms with Crippen LogP contribution in [0.15, 0.2) is 60.7 Å². The Bertz CT molecular complexity index is 708. The van der Waals surface area contributed by atoms with Gasteiger partial charge in [0.15, 0.2) is 6.61 Å². The van der Waals surface area contributed by atoms with Crippen molar-refractivity contribution in [2.75, 3.05) is 18.6 Å². The number of rotatable bonds is 5. The lowest BCUT2D eigenvalue weighted by molar-refractivity contribution is -0.142. The van der Waals surface area contributed by atoms with Gasteiger partial charge in [0.1, 0.15) is 0 Å². The molecule has 0 atom stereocenters. The summed E-state index contributed by atoms with van der Waals surface area (Å²) in [6.45, 7) is 1.69. The zero-order valence-corrected chi connectivity index (χ0v) is 13.2. The molecule has 0 aromatic heterocycles. The van der Waals surface area contributed by atoms with Crippen molar-refractivity contribution in [3.63, 3.8) is 0 Å². The number of carbonyl (C=O) groups excluding carboxylic acids is 2. The van der Waals surface area contributed by atoms with Crippen molar-refractivity contribution in [2.45, 2.75) is 6.92 Å². The van der Waals surface area contributed by atoms with E-state index in [0.29, 0.717) is 0 Å². The number of benzene rings is 2. The van der Waals surface area contributed by atoms with Crippen LogP contribution in [0.4, 0.5) is 5.69 Å². The van der Waals surface area contributed by atoms with Crippen molar-refractivity contribution < 1.29 is 14.3 Å². The molecule has 0 aliphatic carbocycles. The van der Waals surface area contributed by atoms with Crippen LogP contribution in [0.25, 0.3) is 6.08 Å². The molecule has 2 aromatic rings. The molecule has 0 N–H and O–H groups in total. The Labute approximate surface area is 136 Å². The number of amides is 1. The minimum atomic E-state index is -0.540. The van der Waals surface area contributed by atoms with Crippen LogP contribution < -0.4 is 4.90 Å². The summed E-state index contributed by atoms with van der Waals surface area (Å²) in [4.78, 5) is 25.1. The number of para-hydroxylation sites is 1. The maximum Gasteiger partial charge on any atom is 0.331 e. The molecule has 118 valence electrons. The lowest BCUT2D eigenvalue weighted by atomic mass is 10.1. The van der Waals surface area contributed by atoms with Gasteiger partial charge in [-0.2, -0.15) is 0 Å². The molecule has 0 saturated heterocycles. The third kappa shape index (κ3) is 5.11. The molecule has 0 bridgehead atoms. The smallest absolute Gasteiger partial charge is 0.331 e. The van der Waals surface area contributed by atoms with Gasteiger partial charge in [0, 0.05) is 18.8 Å². The highest BCUT2D eigenvalue weighted by molar-refractivity contribution is 5.96. The number of hydrogen-bond donors (Lipinski definition) is 0. The van der Waals surface area contributed by atoms with Crippen molar-refractivity contribution >= 4 is 23.6 Å². The van der Waals surface area contributed by atoms with Crippen molar-refractivity contribution in [1.29, 1.82) is 0 Å². The maximum absolute atomic E-state index is 12.0. The van der Waals surface area contributed by atoms with E-state index in [1.165, 1.54) is 11.0 Å². The molecule has 0 heterocycles. The quantitative estimate of drug-likeness (QED) is 0.629. The molecule has 1 amide bonds. The molecule has 0 aliphatic rings. The number of ether oxygens (including phenoxy) is 1. The number of likely N-dealkylation sites (N-methyl/N-ethyl adjacent to an activating group) is 1. The fourth-order valence-corrected chi connectivity index (χ4v) is 2.01. The third-order valence-electron chi connectivity index (χ3n) is 3.31. The summed E-state index contributed by atoms with van der Waals surface area (Å²) < 4.78 is 4.98. The predicted molar refractivity (Wildman–Crippen MR) is 91.0 cm³/mol. The van der Waals surface area contributed by atoms with Crippen LogP contribution in [0.5, 0.6) is 0 Å². The summed E-state index contributed by atoms with van der Waals surface area (Å²) in [7, 11) is 1.65. The molecular weight excluding hydrogens is 290 g/mol. The standard InChI is InChI=1S/C19H19NO3/c1-15-7-6-8-16(13-15)11-12-19(22)23-14-18(21)20(2)17-9-4-3-5-10-17/h3-13H,14H2,1-2H3/b12-11+. The maximum atomic E-state index is 12.0. The molecule has 0 unspecified atom stereocenters. The van der Waals surface area contributed by atoms with E-state index in [2.05, 4.69) is 0 Å². The Kier molecular flexibility index (Phi) is 5.69. The number of carbonyl (C=O) groups is 2. The first-order chi connectivity index (χ1) is 11.1. The fraction of sp³-hybridized carbons (Fsp3) is 0.158. The second kappa shape index (κ2) is 7.94. The van der Waals surface area contributed by atoms with Gasteiger partial charge in [0.2, 0.25) is 0 Å². The largest absolute Gasteiger partial charge is 0.452 e.